The minimum absolute atomic E-state index is 0.156. The molecule has 3 heteroatoms. The molecule has 0 aliphatic carbocycles. The number of Topliss-reactive ketones (excluding diaryl/α,β-unsaturated/α-hetero) is 1. The first-order valence-corrected chi connectivity index (χ1v) is 11.0. The van der Waals surface area contributed by atoms with E-state index in [1.165, 1.54) is 77.0 Å². The van der Waals surface area contributed by atoms with Crippen LogP contribution in [0.15, 0.2) is 5.16 Å². The Morgan fingerprint density at radius 2 is 1.36 bits per heavy atom. The molecule has 0 aromatic rings. The summed E-state index contributed by atoms with van der Waals surface area (Å²) >= 11 is 0. The Morgan fingerprint density at radius 3 is 1.92 bits per heavy atom. The fourth-order valence-corrected chi connectivity index (χ4v) is 3.44. The average Bonchev–Trinajstić information content (AvgIpc) is 3.09. The summed E-state index contributed by atoms with van der Waals surface area (Å²) in [7, 11) is 0. The van der Waals surface area contributed by atoms with E-state index in [9.17, 15) is 4.79 Å². The van der Waals surface area contributed by atoms with Gasteiger partial charge in [0.25, 0.3) is 0 Å². The van der Waals surface area contributed by atoms with Gasteiger partial charge in [-0.1, -0.05) is 96.1 Å². The zero-order chi connectivity index (χ0) is 18.2. The molecule has 0 N–H and O–H groups in total. The second-order valence-electron chi connectivity index (χ2n) is 7.67. The van der Waals surface area contributed by atoms with Crippen molar-refractivity contribution in [2.75, 3.05) is 0 Å². The highest BCUT2D eigenvalue weighted by Gasteiger charge is 2.24. The number of nitrogens with zero attached hydrogens (tertiary/aromatic N) is 1. The van der Waals surface area contributed by atoms with Gasteiger partial charge >= 0.3 is 0 Å². The number of hydrogen-bond donors (Lipinski definition) is 0. The highest BCUT2D eigenvalue weighted by atomic mass is 16.6. The lowest BCUT2D eigenvalue weighted by Crippen LogP contribution is -2.15. The third-order valence-corrected chi connectivity index (χ3v) is 5.19. The molecule has 0 fully saturated rings. The van der Waals surface area contributed by atoms with Gasteiger partial charge in [-0.3, -0.25) is 4.79 Å². The fourth-order valence-electron chi connectivity index (χ4n) is 3.44. The van der Waals surface area contributed by atoms with Crippen molar-refractivity contribution in [1.29, 1.82) is 0 Å². The van der Waals surface area contributed by atoms with Crippen LogP contribution in [-0.4, -0.2) is 17.6 Å². The molecule has 1 rings (SSSR count). The van der Waals surface area contributed by atoms with Crippen LogP contribution in [0.2, 0.25) is 0 Å². The maximum atomic E-state index is 11.9. The number of unbranched alkanes of at least 4 members (excludes halogenated alkanes) is 12. The number of rotatable bonds is 17. The van der Waals surface area contributed by atoms with Crippen molar-refractivity contribution >= 4 is 11.5 Å². The normalized spacial score (nSPS) is 16.7. The van der Waals surface area contributed by atoms with Crippen molar-refractivity contribution in [1.82, 2.24) is 0 Å². The molecule has 25 heavy (non-hydrogen) atoms. The van der Waals surface area contributed by atoms with Crippen molar-refractivity contribution in [3.05, 3.63) is 0 Å². The van der Waals surface area contributed by atoms with E-state index in [1.54, 1.807) is 0 Å². The van der Waals surface area contributed by atoms with Crippen molar-refractivity contribution in [2.45, 2.75) is 129 Å². The van der Waals surface area contributed by atoms with E-state index in [0.29, 0.717) is 12.1 Å². The van der Waals surface area contributed by atoms with Gasteiger partial charge in [0, 0.05) is 12.8 Å². The van der Waals surface area contributed by atoms with E-state index < -0.39 is 0 Å². The molecule has 0 radical (unpaired) electrons. The molecular weight excluding hydrogens is 310 g/mol. The molecule has 0 saturated heterocycles. The smallest absolute Gasteiger partial charge is 0.180 e. The van der Waals surface area contributed by atoms with E-state index in [4.69, 9.17) is 4.84 Å². The van der Waals surface area contributed by atoms with E-state index in [1.807, 2.05) is 0 Å². The van der Waals surface area contributed by atoms with Crippen LogP contribution >= 0.6 is 0 Å². The van der Waals surface area contributed by atoms with Crippen LogP contribution in [0.3, 0.4) is 0 Å². The van der Waals surface area contributed by atoms with E-state index in [-0.39, 0.29) is 11.9 Å². The molecule has 0 spiro atoms. The zero-order valence-electron chi connectivity index (χ0n) is 16.9. The molecule has 0 bridgehead atoms. The molecule has 146 valence electrons. The van der Waals surface area contributed by atoms with Crippen LogP contribution in [0.25, 0.3) is 0 Å². The minimum atomic E-state index is 0.156. The third kappa shape index (κ3) is 11.4. The molecule has 0 amide bonds. The van der Waals surface area contributed by atoms with Crippen molar-refractivity contribution < 1.29 is 9.63 Å². The summed E-state index contributed by atoms with van der Waals surface area (Å²) in [4.78, 5) is 17.3. The van der Waals surface area contributed by atoms with Crippen molar-refractivity contribution in [3.8, 4) is 0 Å². The molecule has 1 aliphatic heterocycles. The predicted molar refractivity (Wildman–Crippen MR) is 107 cm³/mol. The summed E-state index contributed by atoms with van der Waals surface area (Å²) in [6.45, 7) is 4.38. The van der Waals surface area contributed by atoms with Crippen LogP contribution in [0.1, 0.15) is 123 Å². The molecule has 0 aromatic carbocycles. The zero-order valence-corrected chi connectivity index (χ0v) is 16.9. The largest absolute Gasteiger partial charge is 0.392 e. The van der Waals surface area contributed by atoms with Crippen LogP contribution in [0.4, 0.5) is 0 Å². The van der Waals surface area contributed by atoms with Gasteiger partial charge in [0.2, 0.25) is 0 Å². The summed E-state index contributed by atoms with van der Waals surface area (Å²) in [6.07, 6.45) is 21.1. The Morgan fingerprint density at radius 1 is 0.840 bits per heavy atom. The highest BCUT2D eigenvalue weighted by Crippen LogP contribution is 2.19. The van der Waals surface area contributed by atoms with Crippen LogP contribution in [0.5, 0.6) is 0 Å². The van der Waals surface area contributed by atoms with Crippen molar-refractivity contribution in [3.63, 3.8) is 0 Å². The molecule has 3 nitrogen and oxygen atoms in total. The summed E-state index contributed by atoms with van der Waals surface area (Å²) in [5, 5.41) is 4.01. The summed E-state index contributed by atoms with van der Waals surface area (Å²) in [5.41, 5.74) is 0.678. The maximum absolute atomic E-state index is 11.9. The van der Waals surface area contributed by atoms with Gasteiger partial charge in [0.15, 0.2) is 5.78 Å². The molecule has 1 aliphatic rings. The van der Waals surface area contributed by atoms with E-state index in [2.05, 4.69) is 19.0 Å². The summed E-state index contributed by atoms with van der Waals surface area (Å²) in [6, 6.07) is 0. The molecular formula is C22H41NO2. The number of hydrogen-bond acceptors (Lipinski definition) is 3. The maximum Gasteiger partial charge on any atom is 0.180 e. The van der Waals surface area contributed by atoms with Crippen LogP contribution in [-0.2, 0) is 9.63 Å². The average molecular weight is 352 g/mol. The number of ketones is 1. The first kappa shape index (κ1) is 22.2. The first-order valence-electron chi connectivity index (χ1n) is 11.0. The Labute approximate surface area is 156 Å². The van der Waals surface area contributed by atoms with E-state index in [0.717, 1.165) is 25.7 Å². The second-order valence-corrected chi connectivity index (χ2v) is 7.67. The van der Waals surface area contributed by atoms with E-state index >= 15 is 0 Å². The van der Waals surface area contributed by atoms with Gasteiger partial charge in [0.05, 0.1) is 0 Å². The Hall–Kier alpha value is -0.860. The lowest BCUT2D eigenvalue weighted by atomic mass is 10.0. The topological polar surface area (TPSA) is 38.7 Å². The Kier molecular flexibility index (Phi) is 13.7. The lowest BCUT2D eigenvalue weighted by Gasteiger charge is -2.07. The van der Waals surface area contributed by atoms with Gasteiger partial charge in [-0.05, 0) is 19.3 Å². The molecule has 1 atom stereocenters. The van der Waals surface area contributed by atoms with Crippen LogP contribution < -0.4 is 0 Å². The molecule has 1 heterocycles. The minimum Gasteiger partial charge on any atom is -0.392 e. The molecule has 1 unspecified atom stereocenters. The number of carbonyl (C=O) groups excluding carboxylic acids is 1. The monoisotopic (exact) mass is 351 g/mol. The molecule has 0 saturated carbocycles. The van der Waals surface area contributed by atoms with Gasteiger partial charge in [-0.25, -0.2) is 0 Å². The second kappa shape index (κ2) is 15.4. The highest BCUT2D eigenvalue weighted by molar-refractivity contribution is 6.40. The Balaban J connectivity index is 1.86. The standard InChI is InChI=1S/C22H41NO2/c1-3-5-7-8-9-10-11-12-13-14-15-16-17-20-19-21(23-25-20)22(24)18-6-4-2/h20H,3-19H2,1-2H3. The number of carbonyl (C=O) groups is 1. The fraction of sp³-hybridized carbons (Fsp3) is 0.909. The SMILES string of the molecule is CCCCCCCCCCCCCCC1CC(C(=O)CCCC)=NO1. The lowest BCUT2D eigenvalue weighted by molar-refractivity contribution is -0.113. The van der Waals surface area contributed by atoms with Gasteiger partial charge < -0.3 is 4.84 Å². The first-order chi connectivity index (χ1) is 12.3. The third-order valence-electron chi connectivity index (χ3n) is 5.19. The summed E-state index contributed by atoms with van der Waals surface area (Å²) in [5.74, 6) is 0.194. The predicted octanol–water partition coefficient (Wildman–Crippen LogP) is 6.98. The number of oxime groups is 1. The van der Waals surface area contributed by atoms with Gasteiger partial charge in [-0.2, -0.15) is 0 Å². The Bertz CT molecular complexity index is 365. The van der Waals surface area contributed by atoms with Gasteiger partial charge in [0.1, 0.15) is 11.8 Å². The molecule has 0 aromatic heterocycles. The van der Waals surface area contributed by atoms with Gasteiger partial charge in [-0.15, -0.1) is 0 Å². The van der Waals surface area contributed by atoms with Crippen molar-refractivity contribution in [2.24, 2.45) is 5.16 Å². The van der Waals surface area contributed by atoms with Crippen LogP contribution in [0, 0.1) is 0 Å². The quantitative estimate of drug-likeness (QED) is 0.265. The summed E-state index contributed by atoms with van der Waals surface area (Å²) < 4.78 is 0.